The minimum atomic E-state index is -1.22. The number of hydrogen-bond acceptors (Lipinski definition) is 5. The summed E-state index contributed by atoms with van der Waals surface area (Å²) in [5, 5.41) is 13.1. The van der Waals surface area contributed by atoms with Crippen molar-refractivity contribution in [3.63, 3.8) is 0 Å². The van der Waals surface area contributed by atoms with E-state index in [-0.39, 0.29) is 19.4 Å². The lowest BCUT2D eigenvalue weighted by Crippen LogP contribution is -2.52. The normalized spacial score (nSPS) is 13.2. The predicted octanol–water partition coefficient (Wildman–Crippen LogP) is -2.72. The van der Waals surface area contributed by atoms with Crippen molar-refractivity contribution < 1.29 is 24.3 Å². The zero-order valence-corrected chi connectivity index (χ0v) is 10.5. The van der Waals surface area contributed by atoms with Gasteiger partial charge in [-0.15, -0.1) is 0 Å². The number of carbonyl (C=O) groups excluding carboxylic acids is 3. The Bertz CT molecular complexity index is 371. The van der Waals surface area contributed by atoms with Gasteiger partial charge in [-0.25, -0.2) is 0 Å². The predicted molar refractivity (Wildman–Crippen MR) is 64.7 cm³/mol. The van der Waals surface area contributed by atoms with Gasteiger partial charge in [0.2, 0.25) is 17.7 Å². The average Bonchev–Trinajstić information content (AvgIpc) is 2.33. The lowest BCUT2D eigenvalue weighted by atomic mass is 10.1. The van der Waals surface area contributed by atoms with Crippen LogP contribution in [-0.4, -0.2) is 47.4 Å². The lowest BCUT2D eigenvalue weighted by Gasteiger charge is -2.19. The number of aliphatic carboxylic acids is 1. The summed E-state index contributed by atoms with van der Waals surface area (Å²) in [6, 6.07) is -2.16. The van der Waals surface area contributed by atoms with Crippen molar-refractivity contribution in [2.45, 2.75) is 31.8 Å². The number of amides is 3. The topological polar surface area (TPSA) is 165 Å². The fourth-order valence-electron chi connectivity index (χ4n) is 1.18. The smallest absolute Gasteiger partial charge is 0.325 e. The number of carboxylic acids is 1. The zero-order valence-electron chi connectivity index (χ0n) is 10.5. The summed E-state index contributed by atoms with van der Waals surface area (Å²) in [5.74, 6) is -3.15. The second-order valence-corrected chi connectivity index (χ2v) is 3.90. The molecule has 7 N–H and O–H groups in total. The molecular formula is C10H18N4O5. The number of carboxylic acid groups (broad SMARTS) is 1. The van der Waals surface area contributed by atoms with E-state index in [4.69, 9.17) is 16.6 Å². The van der Waals surface area contributed by atoms with Crippen LogP contribution in [0.2, 0.25) is 0 Å². The van der Waals surface area contributed by atoms with Gasteiger partial charge in [0.05, 0.1) is 6.54 Å². The van der Waals surface area contributed by atoms with E-state index in [9.17, 15) is 19.2 Å². The molecule has 0 bridgehead atoms. The number of primary amides is 1. The van der Waals surface area contributed by atoms with Gasteiger partial charge in [0.1, 0.15) is 12.1 Å². The van der Waals surface area contributed by atoms with E-state index in [0.29, 0.717) is 0 Å². The van der Waals surface area contributed by atoms with Crippen molar-refractivity contribution in [2.24, 2.45) is 11.5 Å². The molecule has 108 valence electrons. The third-order valence-corrected chi connectivity index (χ3v) is 2.25. The summed E-state index contributed by atoms with van der Waals surface area (Å²) in [5.41, 5.74) is 10.0. The Balaban J connectivity index is 4.61. The Morgan fingerprint density at radius 2 is 1.79 bits per heavy atom. The molecule has 0 radical (unpaired) electrons. The van der Waals surface area contributed by atoms with Gasteiger partial charge < -0.3 is 27.2 Å². The molecule has 2 unspecified atom stereocenters. The number of hydrogen-bond donors (Lipinski definition) is 5. The average molecular weight is 274 g/mol. The van der Waals surface area contributed by atoms with E-state index in [1.54, 1.807) is 0 Å². The fraction of sp³-hybridized carbons (Fsp3) is 0.600. The summed E-state index contributed by atoms with van der Waals surface area (Å²) in [6.45, 7) is 0.949. The molecule has 0 aliphatic rings. The van der Waals surface area contributed by atoms with E-state index >= 15 is 0 Å². The number of nitrogens with one attached hydrogen (secondary N) is 2. The third-order valence-electron chi connectivity index (χ3n) is 2.25. The van der Waals surface area contributed by atoms with Crippen molar-refractivity contribution in [3.8, 4) is 0 Å². The van der Waals surface area contributed by atoms with Crippen LogP contribution in [0, 0.1) is 0 Å². The van der Waals surface area contributed by atoms with Gasteiger partial charge in [0.25, 0.3) is 0 Å². The number of nitrogens with two attached hydrogens (primary N) is 2. The first-order valence-electron chi connectivity index (χ1n) is 5.58. The van der Waals surface area contributed by atoms with Crippen LogP contribution >= 0.6 is 0 Å². The molecule has 19 heavy (non-hydrogen) atoms. The van der Waals surface area contributed by atoms with Gasteiger partial charge in [0, 0.05) is 6.42 Å². The molecule has 0 aromatic heterocycles. The monoisotopic (exact) mass is 274 g/mol. The van der Waals surface area contributed by atoms with E-state index in [1.807, 2.05) is 0 Å². The second kappa shape index (κ2) is 8.03. The molecule has 0 aromatic carbocycles. The van der Waals surface area contributed by atoms with Crippen LogP contribution in [0.5, 0.6) is 0 Å². The molecule has 3 amide bonds. The summed E-state index contributed by atoms with van der Waals surface area (Å²) in [6.07, 6.45) is -0.149. The van der Waals surface area contributed by atoms with Gasteiger partial charge in [-0.2, -0.15) is 0 Å². The highest BCUT2D eigenvalue weighted by Crippen LogP contribution is 1.98. The standard InChI is InChI=1S/C10H18N4O5/c1-5(10(18)19)13-9(17)6(2-3-7(12)15)14-8(16)4-11/h5-6H,2-4,11H2,1H3,(H2,12,15)(H,13,17)(H,14,16)(H,18,19). The quantitative estimate of drug-likeness (QED) is 0.322. The molecule has 0 aromatic rings. The molecular weight excluding hydrogens is 256 g/mol. The van der Waals surface area contributed by atoms with E-state index in [1.165, 1.54) is 6.92 Å². The Kier molecular flexibility index (Phi) is 7.12. The maximum Gasteiger partial charge on any atom is 0.325 e. The summed E-state index contributed by atoms with van der Waals surface area (Å²) < 4.78 is 0. The SMILES string of the molecule is CC(NC(=O)C(CCC(N)=O)NC(=O)CN)C(=O)O. The fourth-order valence-corrected chi connectivity index (χ4v) is 1.18. The van der Waals surface area contributed by atoms with E-state index in [2.05, 4.69) is 10.6 Å². The van der Waals surface area contributed by atoms with Crippen LogP contribution in [0.1, 0.15) is 19.8 Å². The first-order chi connectivity index (χ1) is 8.77. The minimum absolute atomic E-state index is 0.0285. The molecule has 0 rings (SSSR count). The van der Waals surface area contributed by atoms with Crippen molar-refractivity contribution in [1.29, 1.82) is 0 Å². The minimum Gasteiger partial charge on any atom is -0.480 e. The number of carbonyl (C=O) groups is 4. The summed E-state index contributed by atoms with van der Waals surface area (Å²) >= 11 is 0. The highest BCUT2D eigenvalue weighted by Gasteiger charge is 2.24. The van der Waals surface area contributed by atoms with E-state index in [0.717, 1.165) is 0 Å². The molecule has 0 aliphatic carbocycles. The second-order valence-electron chi connectivity index (χ2n) is 3.90. The third kappa shape index (κ3) is 6.99. The largest absolute Gasteiger partial charge is 0.480 e. The highest BCUT2D eigenvalue weighted by molar-refractivity contribution is 5.91. The molecule has 0 saturated carbocycles. The van der Waals surface area contributed by atoms with Gasteiger partial charge in [0.15, 0.2) is 0 Å². The van der Waals surface area contributed by atoms with Crippen LogP contribution in [0.25, 0.3) is 0 Å². The molecule has 9 heteroatoms. The summed E-state index contributed by atoms with van der Waals surface area (Å²) in [7, 11) is 0. The molecule has 9 nitrogen and oxygen atoms in total. The maximum atomic E-state index is 11.7. The first-order valence-corrected chi connectivity index (χ1v) is 5.58. The van der Waals surface area contributed by atoms with Gasteiger partial charge in [-0.1, -0.05) is 0 Å². The maximum absolute atomic E-state index is 11.7. The van der Waals surface area contributed by atoms with Crippen molar-refractivity contribution >= 4 is 23.7 Å². The Labute approximate surface area is 109 Å². The lowest BCUT2D eigenvalue weighted by molar-refractivity contribution is -0.141. The van der Waals surface area contributed by atoms with Crippen LogP contribution < -0.4 is 22.1 Å². The Morgan fingerprint density at radius 1 is 1.21 bits per heavy atom. The number of rotatable bonds is 8. The van der Waals surface area contributed by atoms with Crippen molar-refractivity contribution in [2.75, 3.05) is 6.54 Å². The molecule has 0 spiro atoms. The summed E-state index contributed by atoms with van der Waals surface area (Å²) in [4.78, 5) is 44.2. The van der Waals surface area contributed by atoms with Gasteiger partial charge >= 0.3 is 5.97 Å². The van der Waals surface area contributed by atoms with Crippen LogP contribution in [0.15, 0.2) is 0 Å². The zero-order chi connectivity index (χ0) is 15.0. The Hall–Kier alpha value is -2.16. The molecule has 0 saturated heterocycles. The highest BCUT2D eigenvalue weighted by atomic mass is 16.4. The van der Waals surface area contributed by atoms with Crippen molar-refractivity contribution in [1.82, 2.24) is 10.6 Å². The molecule has 0 fully saturated rings. The molecule has 0 aliphatic heterocycles. The van der Waals surface area contributed by atoms with E-state index < -0.39 is 35.8 Å². The Morgan fingerprint density at radius 3 is 2.21 bits per heavy atom. The molecule has 0 heterocycles. The van der Waals surface area contributed by atoms with Gasteiger partial charge in [-0.3, -0.25) is 19.2 Å². The van der Waals surface area contributed by atoms with Crippen LogP contribution in [0.4, 0.5) is 0 Å². The first kappa shape index (κ1) is 16.8. The van der Waals surface area contributed by atoms with Crippen molar-refractivity contribution in [3.05, 3.63) is 0 Å². The van der Waals surface area contributed by atoms with Crippen LogP contribution in [0.3, 0.4) is 0 Å². The van der Waals surface area contributed by atoms with Crippen LogP contribution in [-0.2, 0) is 19.2 Å². The van der Waals surface area contributed by atoms with Gasteiger partial charge in [-0.05, 0) is 13.3 Å². The molecule has 2 atom stereocenters.